The van der Waals surface area contributed by atoms with Gasteiger partial charge >= 0.3 is 0 Å². The highest BCUT2D eigenvalue weighted by molar-refractivity contribution is 5.23. The molecule has 2 rings (SSSR count). The highest BCUT2D eigenvalue weighted by Crippen LogP contribution is 2.22. The van der Waals surface area contributed by atoms with Crippen LogP contribution < -0.4 is 5.32 Å². The SMILES string of the molecule is CCNC(Cc1ccccc1)c1occc1C. The topological polar surface area (TPSA) is 25.2 Å². The van der Waals surface area contributed by atoms with Crippen molar-refractivity contribution < 1.29 is 4.42 Å². The van der Waals surface area contributed by atoms with Crippen molar-refractivity contribution in [2.45, 2.75) is 26.3 Å². The van der Waals surface area contributed by atoms with Crippen molar-refractivity contribution in [1.29, 1.82) is 0 Å². The summed E-state index contributed by atoms with van der Waals surface area (Å²) in [6, 6.07) is 12.8. The second-order valence-corrected chi connectivity index (χ2v) is 4.27. The van der Waals surface area contributed by atoms with Crippen LogP contribution >= 0.6 is 0 Å². The zero-order valence-corrected chi connectivity index (χ0v) is 10.4. The predicted molar refractivity (Wildman–Crippen MR) is 70.0 cm³/mol. The van der Waals surface area contributed by atoms with Crippen molar-refractivity contribution in [3.63, 3.8) is 0 Å². The van der Waals surface area contributed by atoms with Crippen LogP contribution in [-0.2, 0) is 6.42 Å². The molecule has 2 heteroatoms. The summed E-state index contributed by atoms with van der Waals surface area (Å²) in [7, 11) is 0. The molecule has 17 heavy (non-hydrogen) atoms. The van der Waals surface area contributed by atoms with E-state index in [-0.39, 0.29) is 6.04 Å². The van der Waals surface area contributed by atoms with Gasteiger partial charge in [-0.05, 0) is 37.1 Å². The summed E-state index contributed by atoms with van der Waals surface area (Å²) < 4.78 is 5.59. The van der Waals surface area contributed by atoms with Crippen LogP contribution in [0.25, 0.3) is 0 Å². The molecule has 1 N–H and O–H groups in total. The summed E-state index contributed by atoms with van der Waals surface area (Å²) in [5, 5.41) is 3.48. The van der Waals surface area contributed by atoms with Gasteiger partial charge in [0.25, 0.3) is 0 Å². The van der Waals surface area contributed by atoms with Gasteiger partial charge in [-0.1, -0.05) is 37.3 Å². The van der Waals surface area contributed by atoms with Gasteiger partial charge < -0.3 is 9.73 Å². The molecule has 1 unspecified atom stereocenters. The molecule has 90 valence electrons. The van der Waals surface area contributed by atoms with E-state index in [4.69, 9.17) is 4.42 Å². The lowest BCUT2D eigenvalue weighted by Crippen LogP contribution is -2.23. The van der Waals surface area contributed by atoms with E-state index in [0.717, 1.165) is 18.7 Å². The Balaban J connectivity index is 2.16. The van der Waals surface area contributed by atoms with E-state index in [0.29, 0.717) is 0 Å². The fourth-order valence-electron chi connectivity index (χ4n) is 2.10. The van der Waals surface area contributed by atoms with Crippen molar-refractivity contribution in [3.05, 3.63) is 59.5 Å². The van der Waals surface area contributed by atoms with Crippen LogP contribution in [0, 0.1) is 6.92 Å². The van der Waals surface area contributed by atoms with E-state index < -0.39 is 0 Å². The highest BCUT2D eigenvalue weighted by atomic mass is 16.3. The third-order valence-electron chi connectivity index (χ3n) is 2.95. The van der Waals surface area contributed by atoms with Gasteiger partial charge in [0.1, 0.15) is 5.76 Å². The molecule has 0 saturated carbocycles. The van der Waals surface area contributed by atoms with Crippen molar-refractivity contribution in [2.24, 2.45) is 0 Å². The molecule has 0 fully saturated rings. The zero-order chi connectivity index (χ0) is 12.1. The van der Waals surface area contributed by atoms with Gasteiger partial charge in [0.2, 0.25) is 0 Å². The van der Waals surface area contributed by atoms with Gasteiger partial charge in [-0.2, -0.15) is 0 Å². The van der Waals surface area contributed by atoms with E-state index in [1.54, 1.807) is 6.26 Å². The maximum atomic E-state index is 5.59. The standard InChI is InChI=1S/C15H19NO/c1-3-16-14(15-12(2)9-10-17-15)11-13-7-5-4-6-8-13/h4-10,14,16H,3,11H2,1-2H3. The number of aryl methyl sites for hydroxylation is 1. The van der Waals surface area contributed by atoms with Gasteiger partial charge in [-0.3, -0.25) is 0 Å². The van der Waals surface area contributed by atoms with Gasteiger partial charge in [0.05, 0.1) is 12.3 Å². The Bertz CT molecular complexity index is 447. The van der Waals surface area contributed by atoms with Gasteiger partial charge in [-0.25, -0.2) is 0 Å². The minimum Gasteiger partial charge on any atom is -0.467 e. The average Bonchev–Trinajstić information content (AvgIpc) is 2.76. The van der Waals surface area contributed by atoms with E-state index >= 15 is 0 Å². The summed E-state index contributed by atoms with van der Waals surface area (Å²) in [6.45, 7) is 5.15. The first-order chi connectivity index (χ1) is 8.31. The van der Waals surface area contributed by atoms with Crippen molar-refractivity contribution in [3.8, 4) is 0 Å². The molecule has 1 aromatic carbocycles. The first-order valence-corrected chi connectivity index (χ1v) is 6.12. The molecule has 1 aromatic heterocycles. The van der Waals surface area contributed by atoms with Crippen LogP contribution in [0.15, 0.2) is 47.1 Å². The van der Waals surface area contributed by atoms with Gasteiger partial charge in [0.15, 0.2) is 0 Å². The Labute approximate surface area is 103 Å². The predicted octanol–water partition coefficient (Wildman–Crippen LogP) is 3.48. The number of benzene rings is 1. The number of rotatable bonds is 5. The molecule has 0 bridgehead atoms. The fraction of sp³-hybridized carbons (Fsp3) is 0.333. The monoisotopic (exact) mass is 229 g/mol. The first-order valence-electron chi connectivity index (χ1n) is 6.12. The lowest BCUT2D eigenvalue weighted by molar-refractivity contribution is 0.413. The largest absolute Gasteiger partial charge is 0.467 e. The van der Waals surface area contributed by atoms with Crippen LogP contribution in [0.3, 0.4) is 0 Å². The maximum absolute atomic E-state index is 5.59. The van der Waals surface area contributed by atoms with E-state index in [2.05, 4.69) is 43.4 Å². The molecule has 0 aliphatic carbocycles. The first kappa shape index (κ1) is 11.9. The number of likely N-dealkylation sites (N-methyl/N-ethyl adjacent to an activating group) is 1. The third-order valence-corrected chi connectivity index (χ3v) is 2.95. The molecule has 1 heterocycles. The second-order valence-electron chi connectivity index (χ2n) is 4.27. The number of hydrogen-bond acceptors (Lipinski definition) is 2. The van der Waals surface area contributed by atoms with Gasteiger partial charge in [0, 0.05) is 0 Å². The average molecular weight is 229 g/mol. The molecule has 0 radical (unpaired) electrons. The second kappa shape index (κ2) is 5.69. The molecule has 2 nitrogen and oxygen atoms in total. The summed E-state index contributed by atoms with van der Waals surface area (Å²) >= 11 is 0. The molecule has 1 atom stereocenters. The maximum Gasteiger partial charge on any atom is 0.123 e. The number of nitrogens with one attached hydrogen (secondary N) is 1. The Morgan fingerprint density at radius 1 is 1.18 bits per heavy atom. The highest BCUT2D eigenvalue weighted by Gasteiger charge is 2.16. The van der Waals surface area contributed by atoms with Crippen molar-refractivity contribution >= 4 is 0 Å². The smallest absolute Gasteiger partial charge is 0.123 e. The Kier molecular flexibility index (Phi) is 3.99. The normalized spacial score (nSPS) is 12.6. The minimum absolute atomic E-state index is 0.261. The molecule has 0 amide bonds. The fourth-order valence-corrected chi connectivity index (χ4v) is 2.10. The Hall–Kier alpha value is -1.54. The quantitative estimate of drug-likeness (QED) is 0.849. The van der Waals surface area contributed by atoms with Crippen molar-refractivity contribution in [2.75, 3.05) is 6.54 Å². The lowest BCUT2D eigenvalue weighted by atomic mass is 10.0. The Morgan fingerprint density at radius 3 is 2.53 bits per heavy atom. The van der Waals surface area contributed by atoms with Crippen molar-refractivity contribution in [1.82, 2.24) is 5.32 Å². The summed E-state index contributed by atoms with van der Waals surface area (Å²) in [4.78, 5) is 0. The van der Waals surface area contributed by atoms with E-state index in [1.807, 2.05) is 12.1 Å². The number of hydrogen-bond donors (Lipinski definition) is 1. The lowest BCUT2D eigenvalue weighted by Gasteiger charge is -2.16. The summed E-state index contributed by atoms with van der Waals surface area (Å²) in [5.74, 6) is 1.05. The van der Waals surface area contributed by atoms with E-state index in [1.165, 1.54) is 11.1 Å². The third kappa shape index (κ3) is 2.98. The molecular formula is C15H19NO. The molecular weight excluding hydrogens is 210 g/mol. The van der Waals surface area contributed by atoms with Crippen LogP contribution in [0.5, 0.6) is 0 Å². The summed E-state index contributed by atoms with van der Waals surface area (Å²) in [5.41, 5.74) is 2.54. The van der Waals surface area contributed by atoms with Crippen LogP contribution in [0.1, 0.15) is 29.9 Å². The molecule has 0 aliphatic rings. The zero-order valence-electron chi connectivity index (χ0n) is 10.4. The molecule has 0 aliphatic heterocycles. The Morgan fingerprint density at radius 2 is 1.94 bits per heavy atom. The van der Waals surface area contributed by atoms with Gasteiger partial charge in [-0.15, -0.1) is 0 Å². The van der Waals surface area contributed by atoms with E-state index in [9.17, 15) is 0 Å². The molecule has 0 spiro atoms. The molecule has 2 aromatic rings. The minimum atomic E-state index is 0.261. The van der Waals surface area contributed by atoms with Crippen LogP contribution in [-0.4, -0.2) is 6.54 Å². The number of furan rings is 1. The van der Waals surface area contributed by atoms with Crippen LogP contribution in [0.4, 0.5) is 0 Å². The van der Waals surface area contributed by atoms with Crippen LogP contribution in [0.2, 0.25) is 0 Å². The molecule has 0 saturated heterocycles. The summed E-state index contributed by atoms with van der Waals surface area (Å²) in [6.07, 6.45) is 2.73.